The summed E-state index contributed by atoms with van der Waals surface area (Å²) < 4.78 is 0. The molecule has 0 saturated carbocycles. The Labute approximate surface area is 121 Å². The maximum absolute atomic E-state index is 4.63. The van der Waals surface area contributed by atoms with Crippen LogP contribution in [0.2, 0.25) is 0 Å². The highest BCUT2D eigenvalue weighted by molar-refractivity contribution is 7.09. The molecule has 2 rings (SSSR count). The normalized spacial score (nSPS) is 25.1. The Balaban J connectivity index is 2.01. The third-order valence-electron chi connectivity index (χ3n) is 3.85. The molecule has 1 aromatic heterocycles. The molecule has 0 spiro atoms. The zero-order valence-corrected chi connectivity index (χ0v) is 13.5. The van der Waals surface area contributed by atoms with Crippen molar-refractivity contribution in [2.75, 3.05) is 13.1 Å². The lowest BCUT2D eigenvalue weighted by molar-refractivity contribution is 0.105. The summed E-state index contributed by atoms with van der Waals surface area (Å²) in [5, 5.41) is 7.11. The molecule has 1 saturated heterocycles. The van der Waals surface area contributed by atoms with Gasteiger partial charge in [-0.1, -0.05) is 20.8 Å². The van der Waals surface area contributed by atoms with Crippen molar-refractivity contribution in [3.8, 4) is 0 Å². The van der Waals surface area contributed by atoms with Crippen LogP contribution in [0.5, 0.6) is 0 Å². The Morgan fingerprint density at radius 2 is 2.32 bits per heavy atom. The first-order valence-corrected chi connectivity index (χ1v) is 8.34. The summed E-state index contributed by atoms with van der Waals surface area (Å²) in [6, 6.07) is 1.30. The highest BCUT2D eigenvalue weighted by atomic mass is 32.1. The van der Waals surface area contributed by atoms with Crippen molar-refractivity contribution in [3.63, 3.8) is 0 Å². The van der Waals surface area contributed by atoms with Gasteiger partial charge in [0.15, 0.2) is 0 Å². The lowest BCUT2D eigenvalue weighted by atomic mass is 9.98. The Morgan fingerprint density at radius 1 is 1.53 bits per heavy atom. The summed E-state index contributed by atoms with van der Waals surface area (Å²) in [5.41, 5.74) is 1.16. The fourth-order valence-electron chi connectivity index (χ4n) is 2.82. The first-order chi connectivity index (χ1) is 9.08. The molecular weight excluding hydrogens is 254 g/mol. The van der Waals surface area contributed by atoms with Crippen molar-refractivity contribution in [3.05, 3.63) is 16.1 Å². The van der Waals surface area contributed by atoms with Gasteiger partial charge in [0, 0.05) is 36.2 Å². The van der Waals surface area contributed by atoms with Crippen LogP contribution >= 0.6 is 11.3 Å². The highest BCUT2D eigenvalue weighted by Crippen LogP contribution is 2.20. The average Bonchev–Trinajstić information content (AvgIpc) is 2.76. The molecule has 1 aromatic rings. The van der Waals surface area contributed by atoms with E-state index in [1.54, 1.807) is 11.3 Å². The second kappa shape index (κ2) is 6.82. The van der Waals surface area contributed by atoms with Gasteiger partial charge in [0.1, 0.15) is 5.01 Å². The minimum atomic E-state index is 0.643. The molecule has 1 aliphatic heterocycles. The van der Waals surface area contributed by atoms with Crippen LogP contribution in [0.25, 0.3) is 0 Å². The smallest absolute Gasteiger partial charge is 0.107 e. The molecule has 0 amide bonds. The van der Waals surface area contributed by atoms with Gasteiger partial charge in [-0.25, -0.2) is 4.98 Å². The molecule has 1 fully saturated rings. The van der Waals surface area contributed by atoms with Crippen LogP contribution in [-0.2, 0) is 6.54 Å². The van der Waals surface area contributed by atoms with Crippen LogP contribution in [0.4, 0.5) is 0 Å². The molecule has 1 N–H and O–H groups in total. The second-order valence-corrected chi connectivity index (χ2v) is 7.05. The van der Waals surface area contributed by atoms with Crippen molar-refractivity contribution >= 4 is 11.3 Å². The van der Waals surface area contributed by atoms with Gasteiger partial charge in [-0.2, -0.15) is 0 Å². The van der Waals surface area contributed by atoms with E-state index in [1.165, 1.54) is 17.8 Å². The van der Waals surface area contributed by atoms with Crippen LogP contribution in [0, 0.1) is 12.8 Å². The topological polar surface area (TPSA) is 28.2 Å². The first kappa shape index (κ1) is 14.9. The van der Waals surface area contributed by atoms with Crippen LogP contribution in [0.15, 0.2) is 5.38 Å². The lowest BCUT2D eigenvalue weighted by Crippen LogP contribution is -2.56. The van der Waals surface area contributed by atoms with Crippen LogP contribution < -0.4 is 5.32 Å². The van der Waals surface area contributed by atoms with Gasteiger partial charge in [0.05, 0.1) is 6.54 Å². The zero-order valence-electron chi connectivity index (χ0n) is 12.6. The number of nitrogens with zero attached hydrogens (tertiary/aromatic N) is 2. The standard InChI is InChI=1S/C15H27N3S/c1-5-13-8-18(9-15-17-12(4)10-19-15)14(7-16-13)6-11(2)3/h10-11,13-14,16H,5-9H2,1-4H3. The van der Waals surface area contributed by atoms with Gasteiger partial charge < -0.3 is 5.32 Å². The van der Waals surface area contributed by atoms with Crippen molar-refractivity contribution in [2.45, 2.75) is 59.2 Å². The molecule has 1 aliphatic rings. The van der Waals surface area contributed by atoms with E-state index >= 15 is 0 Å². The van der Waals surface area contributed by atoms with Crippen LogP contribution in [0.1, 0.15) is 44.3 Å². The van der Waals surface area contributed by atoms with E-state index in [-0.39, 0.29) is 0 Å². The van der Waals surface area contributed by atoms with Gasteiger partial charge in [-0.15, -0.1) is 11.3 Å². The Kier molecular flexibility index (Phi) is 5.37. The summed E-state index contributed by atoms with van der Waals surface area (Å²) >= 11 is 1.80. The largest absolute Gasteiger partial charge is 0.311 e. The van der Waals surface area contributed by atoms with Crippen LogP contribution in [0.3, 0.4) is 0 Å². The van der Waals surface area contributed by atoms with E-state index in [9.17, 15) is 0 Å². The molecule has 0 radical (unpaired) electrons. The molecule has 108 valence electrons. The Hall–Kier alpha value is -0.450. The number of hydrogen-bond donors (Lipinski definition) is 1. The Morgan fingerprint density at radius 3 is 2.89 bits per heavy atom. The number of nitrogens with one attached hydrogen (secondary N) is 1. The molecule has 0 aromatic carbocycles. The number of aryl methyl sites for hydroxylation is 1. The summed E-state index contributed by atoms with van der Waals surface area (Å²) in [6.45, 7) is 12.3. The average molecular weight is 281 g/mol. The van der Waals surface area contributed by atoms with E-state index in [0.717, 1.165) is 31.2 Å². The first-order valence-electron chi connectivity index (χ1n) is 7.47. The SMILES string of the molecule is CCC1CN(Cc2nc(C)cs2)C(CC(C)C)CN1. The third-order valence-corrected chi connectivity index (χ3v) is 4.81. The molecule has 0 bridgehead atoms. The van der Waals surface area contributed by atoms with Gasteiger partial charge in [-0.05, 0) is 25.7 Å². The van der Waals surface area contributed by atoms with E-state index in [2.05, 4.69) is 48.3 Å². The van der Waals surface area contributed by atoms with Crippen LogP contribution in [-0.4, -0.2) is 35.1 Å². The van der Waals surface area contributed by atoms with Crippen molar-refractivity contribution in [1.29, 1.82) is 0 Å². The molecule has 3 nitrogen and oxygen atoms in total. The lowest BCUT2D eigenvalue weighted by Gasteiger charge is -2.40. The fraction of sp³-hybridized carbons (Fsp3) is 0.800. The summed E-state index contributed by atoms with van der Waals surface area (Å²) in [7, 11) is 0. The van der Waals surface area contributed by atoms with E-state index in [0.29, 0.717) is 12.1 Å². The summed E-state index contributed by atoms with van der Waals surface area (Å²) in [4.78, 5) is 7.27. The van der Waals surface area contributed by atoms with E-state index in [1.807, 2.05) is 0 Å². The number of aromatic nitrogens is 1. The zero-order chi connectivity index (χ0) is 13.8. The molecule has 2 heterocycles. The van der Waals surface area contributed by atoms with Gasteiger partial charge in [0.25, 0.3) is 0 Å². The number of hydrogen-bond acceptors (Lipinski definition) is 4. The molecule has 4 heteroatoms. The molecule has 2 unspecified atom stereocenters. The molecule has 0 aliphatic carbocycles. The molecular formula is C15H27N3S. The number of rotatable bonds is 5. The summed E-state index contributed by atoms with van der Waals surface area (Å²) in [6.07, 6.45) is 2.48. The monoisotopic (exact) mass is 281 g/mol. The molecule has 19 heavy (non-hydrogen) atoms. The summed E-state index contributed by atoms with van der Waals surface area (Å²) in [5.74, 6) is 0.755. The van der Waals surface area contributed by atoms with Gasteiger partial charge in [-0.3, -0.25) is 4.90 Å². The minimum Gasteiger partial charge on any atom is -0.311 e. The highest BCUT2D eigenvalue weighted by Gasteiger charge is 2.27. The third kappa shape index (κ3) is 4.26. The molecule has 2 atom stereocenters. The predicted octanol–water partition coefficient (Wildman–Crippen LogP) is 3.05. The van der Waals surface area contributed by atoms with Crippen molar-refractivity contribution < 1.29 is 0 Å². The van der Waals surface area contributed by atoms with E-state index < -0.39 is 0 Å². The van der Waals surface area contributed by atoms with Crippen molar-refractivity contribution in [1.82, 2.24) is 15.2 Å². The Bertz CT molecular complexity index is 388. The van der Waals surface area contributed by atoms with Crippen molar-refractivity contribution in [2.24, 2.45) is 5.92 Å². The fourth-order valence-corrected chi connectivity index (χ4v) is 3.62. The maximum Gasteiger partial charge on any atom is 0.107 e. The van der Waals surface area contributed by atoms with Gasteiger partial charge in [0.2, 0.25) is 0 Å². The van der Waals surface area contributed by atoms with Gasteiger partial charge >= 0.3 is 0 Å². The van der Waals surface area contributed by atoms with E-state index in [4.69, 9.17) is 0 Å². The minimum absolute atomic E-state index is 0.643. The predicted molar refractivity (Wildman–Crippen MR) is 82.6 cm³/mol. The maximum atomic E-state index is 4.63. The second-order valence-electron chi connectivity index (χ2n) is 6.11. The quantitative estimate of drug-likeness (QED) is 0.899. The number of piperazine rings is 1. The number of thiazole rings is 1.